The fourth-order valence-electron chi connectivity index (χ4n) is 1.60. The van der Waals surface area contributed by atoms with Crippen molar-refractivity contribution in [2.75, 3.05) is 5.32 Å². The van der Waals surface area contributed by atoms with E-state index in [0.717, 1.165) is 11.3 Å². The summed E-state index contributed by atoms with van der Waals surface area (Å²) in [6, 6.07) is 8.79. The monoisotopic (exact) mass is 243 g/mol. The topological polar surface area (TPSA) is 75.1 Å². The number of nitrogens with zero attached hydrogens (tertiary/aromatic N) is 2. The quantitative estimate of drug-likeness (QED) is 0.860. The van der Waals surface area contributed by atoms with Crippen LogP contribution in [0.3, 0.4) is 0 Å². The lowest BCUT2D eigenvalue weighted by Gasteiger charge is -2.09. The average molecular weight is 243 g/mol. The molecule has 0 amide bonds. The van der Waals surface area contributed by atoms with E-state index in [-0.39, 0.29) is 5.56 Å². The van der Waals surface area contributed by atoms with E-state index in [4.69, 9.17) is 5.11 Å². The molecule has 0 saturated heterocycles. The van der Waals surface area contributed by atoms with Crippen LogP contribution in [-0.2, 0) is 6.54 Å². The van der Waals surface area contributed by atoms with Crippen molar-refractivity contribution in [3.05, 3.63) is 53.3 Å². The van der Waals surface area contributed by atoms with Crippen molar-refractivity contribution in [1.82, 2.24) is 10.2 Å². The van der Waals surface area contributed by atoms with Gasteiger partial charge in [-0.2, -0.15) is 10.2 Å². The van der Waals surface area contributed by atoms with Gasteiger partial charge in [-0.1, -0.05) is 6.07 Å². The summed E-state index contributed by atoms with van der Waals surface area (Å²) < 4.78 is 0. The Morgan fingerprint density at radius 2 is 2.22 bits per heavy atom. The first-order valence-corrected chi connectivity index (χ1v) is 5.51. The third-order valence-corrected chi connectivity index (χ3v) is 2.49. The van der Waals surface area contributed by atoms with Gasteiger partial charge in [0.25, 0.3) is 0 Å². The summed E-state index contributed by atoms with van der Waals surface area (Å²) in [5.74, 6) is -0.948. The van der Waals surface area contributed by atoms with Crippen LogP contribution in [0.1, 0.15) is 21.6 Å². The molecule has 1 heterocycles. The molecule has 2 rings (SSSR count). The van der Waals surface area contributed by atoms with Gasteiger partial charge in [0, 0.05) is 11.9 Å². The molecule has 92 valence electrons. The van der Waals surface area contributed by atoms with E-state index >= 15 is 0 Å². The standard InChI is InChI=1S/C13H13N3O2/c1-9-4-5-11(13(17)18)12(7-9)14-8-10-3-2-6-15-16-10/h2-7,14H,8H2,1H3,(H,17,18). The van der Waals surface area contributed by atoms with Crippen molar-refractivity contribution in [3.8, 4) is 0 Å². The minimum atomic E-state index is -0.948. The molecule has 0 saturated carbocycles. The fourth-order valence-corrected chi connectivity index (χ4v) is 1.60. The molecule has 0 bridgehead atoms. The molecule has 5 heteroatoms. The summed E-state index contributed by atoms with van der Waals surface area (Å²) in [4.78, 5) is 11.1. The molecule has 2 N–H and O–H groups in total. The van der Waals surface area contributed by atoms with Crippen molar-refractivity contribution in [1.29, 1.82) is 0 Å². The maximum atomic E-state index is 11.1. The van der Waals surface area contributed by atoms with Crippen LogP contribution in [0.5, 0.6) is 0 Å². The summed E-state index contributed by atoms with van der Waals surface area (Å²) in [5, 5.41) is 19.9. The molecule has 0 radical (unpaired) electrons. The highest BCUT2D eigenvalue weighted by Crippen LogP contribution is 2.18. The highest BCUT2D eigenvalue weighted by Gasteiger charge is 2.09. The summed E-state index contributed by atoms with van der Waals surface area (Å²) in [6.45, 7) is 2.36. The third-order valence-electron chi connectivity index (χ3n) is 2.49. The Bertz CT molecular complexity index is 555. The first-order valence-electron chi connectivity index (χ1n) is 5.51. The minimum absolute atomic E-state index is 0.254. The smallest absolute Gasteiger partial charge is 0.337 e. The molecule has 0 spiro atoms. The maximum Gasteiger partial charge on any atom is 0.337 e. The first kappa shape index (κ1) is 12.0. The van der Waals surface area contributed by atoms with Gasteiger partial charge in [0.15, 0.2) is 0 Å². The van der Waals surface area contributed by atoms with Crippen molar-refractivity contribution >= 4 is 11.7 Å². The summed E-state index contributed by atoms with van der Waals surface area (Å²) >= 11 is 0. The van der Waals surface area contributed by atoms with E-state index in [2.05, 4.69) is 15.5 Å². The Kier molecular flexibility index (Phi) is 3.52. The summed E-state index contributed by atoms with van der Waals surface area (Å²) in [7, 11) is 0. The van der Waals surface area contributed by atoms with Gasteiger partial charge >= 0.3 is 5.97 Å². The number of carboxylic acid groups (broad SMARTS) is 1. The summed E-state index contributed by atoms with van der Waals surface area (Å²) in [5.41, 5.74) is 2.61. The SMILES string of the molecule is Cc1ccc(C(=O)O)c(NCc2cccnn2)c1. The van der Waals surface area contributed by atoms with Crippen molar-refractivity contribution in [3.63, 3.8) is 0 Å². The Morgan fingerprint density at radius 1 is 1.39 bits per heavy atom. The zero-order valence-electron chi connectivity index (χ0n) is 9.92. The predicted molar refractivity (Wildman–Crippen MR) is 67.5 cm³/mol. The van der Waals surface area contributed by atoms with Crippen LogP contribution in [0, 0.1) is 6.92 Å². The van der Waals surface area contributed by atoms with E-state index in [0.29, 0.717) is 12.2 Å². The molecular formula is C13H13N3O2. The molecular weight excluding hydrogens is 230 g/mol. The van der Waals surface area contributed by atoms with Crippen molar-refractivity contribution < 1.29 is 9.90 Å². The normalized spacial score (nSPS) is 10.1. The number of hydrogen-bond donors (Lipinski definition) is 2. The maximum absolute atomic E-state index is 11.1. The second kappa shape index (κ2) is 5.27. The zero-order valence-corrected chi connectivity index (χ0v) is 9.92. The minimum Gasteiger partial charge on any atom is -0.478 e. The van der Waals surface area contributed by atoms with Crippen LogP contribution in [-0.4, -0.2) is 21.3 Å². The van der Waals surface area contributed by atoms with E-state index in [1.165, 1.54) is 0 Å². The van der Waals surface area contributed by atoms with Gasteiger partial charge in [0.05, 0.1) is 17.8 Å². The molecule has 0 unspecified atom stereocenters. The zero-order chi connectivity index (χ0) is 13.0. The molecule has 18 heavy (non-hydrogen) atoms. The van der Waals surface area contributed by atoms with Crippen LogP contribution in [0.2, 0.25) is 0 Å². The fraction of sp³-hybridized carbons (Fsp3) is 0.154. The number of nitrogens with one attached hydrogen (secondary N) is 1. The van der Waals surface area contributed by atoms with Crippen LogP contribution >= 0.6 is 0 Å². The van der Waals surface area contributed by atoms with Crippen LogP contribution in [0.25, 0.3) is 0 Å². The number of rotatable bonds is 4. The Morgan fingerprint density at radius 3 is 2.89 bits per heavy atom. The van der Waals surface area contributed by atoms with Crippen LogP contribution < -0.4 is 5.32 Å². The number of hydrogen-bond acceptors (Lipinski definition) is 4. The molecule has 0 atom stereocenters. The van der Waals surface area contributed by atoms with Gasteiger partial charge in [-0.3, -0.25) is 0 Å². The van der Waals surface area contributed by atoms with Gasteiger partial charge < -0.3 is 10.4 Å². The molecule has 0 aliphatic carbocycles. The second-order valence-electron chi connectivity index (χ2n) is 3.92. The highest BCUT2D eigenvalue weighted by molar-refractivity contribution is 5.94. The number of carbonyl (C=O) groups is 1. The van der Waals surface area contributed by atoms with Gasteiger partial charge in [-0.05, 0) is 36.8 Å². The van der Waals surface area contributed by atoms with Gasteiger partial charge in [0.1, 0.15) is 0 Å². The molecule has 2 aromatic rings. The van der Waals surface area contributed by atoms with Crippen molar-refractivity contribution in [2.24, 2.45) is 0 Å². The van der Waals surface area contributed by atoms with Gasteiger partial charge in [-0.15, -0.1) is 0 Å². The lowest BCUT2D eigenvalue weighted by molar-refractivity contribution is 0.0698. The number of carboxylic acids is 1. The lowest BCUT2D eigenvalue weighted by Crippen LogP contribution is -2.07. The molecule has 0 fully saturated rings. The molecule has 5 nitrogen and oxygen atoms in total. The Balaban J connectivity index is 2.18. The molecule has 1 aromatic carbocycles. The predicted octanol–water partition coefficient (Wildman–Crippen LogP) is 2.10. The number of benzene rings is 1. The lowest BCUT2D eigenvalue weighted by atomic mass is 10.1. The Labute approximate surface area is 104 Å². The van der Waals surface area contributed by atoms with Crippen molar-refractivity contribution in [2.45, 2.75) is 13.5 Å². The van der Waals surface area contributed by atoms with E-state index in [1.54, 1.807) is 30.5 Å². The van der Waals surface area contributed by atoms with Crippen LogP contribution in [0.4, 0.5) is 5.69 Å². The molecule has 0 aliphatic heterocycles. The Hall–Kier alpha value is -2.43. The highest BCUT2D eigenvalue weighted by atomic mass is 16.4. The van der Waals surface area contributed by atoms with Gasteiger partial charge in [0.2, 0.25) is 0 Å². The third kappa shape index (κ3) is 2.82. The number of anilines is 1. The number of aromatic nitrogens is 2. The molecule has 0 aliphatic rings. The largest absolute Gasteiger partial charge is 0.478 e. The average Bonchev–Trinajstić information content (AvgIpc) is 2.37. The first-order chi connectivity index (χ1) is 8.66. The van der Waals surface area contributed by atoms with E-state index in [1.807, 2.05) is 13.0 Å². The molecule has 1 aromatic heterocycles. The van der Waals surface area contributed by atoms with Crippen LogP contribution in [0.15, 0.2) is 36.5 Å². The second-order valence-corrected chi connectivity index (χ2v) is 3.92. The number of aryl methyl sites for hydroxylation is 1. The summed E-state index contributed by atoms with van der Waals surface area (Å²) in [6.07, 6.45) is 1.60. The number of aromatic carboxylic acids is 1. The van der Waals surface area contributed by atoms with E-state index in [9.17, 15) is 4.79 Å². The van der Waals surface area contributed by atoms with Gasteiger partial charge in [-0.25, -0.2) is 4.79 Å². The van der Waals surface area contributed by atoms with E-state index < -0.39 is 5.97 Å².